The van der Waals surface area contributed by atoms with E-state index in [-0.39, 0.29) is 13.1 Å². The summed E-state index contributed by atoms with van der Waals surface area (Å²) in [6, 6.07) is 1.80. The fourth-order valence-corrected chi connectivity index (χ4v) is 2.30. The van der Waals surface area contributed by atoms with Crippen LogP contribution in [0.4, 0.5) is 4.39 Å². The molecule has 5 nitrogen and oxygen atoms in total. The number of nitrogens with one attached hydrogen (secondary N) is 1. The first-order valence-corrected chi connectivity index (χ1v) is 6.24. The van der Waals surface area contributed by atoms with Crippen LogP contribution in [0.2, 0.25) is 0 Å². The van der Waals surface area contributed by atoms with Crippen LogP contribution in [-0.2, 0) is 6.54 Å². The fraction of sp³-hybridized carbons (Fsp3) is 0.167. The predicted molar refractivity (Wildman–Crippen MR) is 70.6 cm³/mol. The van der Waals surface area contributed by atoms with Crippen LogP contribution >= 0.6 is 11.3 Å². The molecule has 2 rings (SSSR count). The molecule has 0 saturated carbocycles. The smallest absolute Gasteiger partial charge is 0.320 e. The Morgan fingerprint density at radius 1 is 1.47 bits per heavy atom. The van der Waals surface area contributed by atoms with Crippen molar-refractivity contribution in [3.05, 3.63) is 54.7 Å². The quantitative estimate of drug-likeness (QED) is 0.765. The zero-order valence-corrected chi connectivity index (χ0v) is 10.6. The summed E-state index contributed by atoms with van der Waals surface area (Å²) >= 11 is 1.40. The van der Waals surface area contributed by atoms with E-state index in [1.54, 1.807) is 6.07 Å². The number of nitrogens with two attached hydrogens (primary N) is 1. The predicted octanol–water partition coefficient (Wildman–Crippen LogP) is 0.0957. The maximum atomic E-state index is 13.1. The Kier molecular flexibility index (Phi) is 3.94. The molecule has 7 heteroatoms. The second-order valence-electron chi connectivity index (χ2n) is 3.63. The first-order chi connectivity index (χ1) is 9.11. The summed E-state index contributed by atoms with van der Waals surface area (Å²) in [6.45, 7) is 0.390. The molecule has 3 N–H and O–H groups in total. The number of hydrogen-bond donors (Lipinski definition) is 2. The standard InChI is InChI=1S/C12H10FN3O2S/c13-9-6-16(12(18)15-11(9)17)7-10-8(2-1-4-14)3-5-19-10/h3,5-6H,4,7,14H2,(H,15,17,18). The number of nitrogens with zero attached hydrogens (tertiary/aromatic N) is 1. The van der Waals surface area contributed by atoms with Gasteiger partial charge in [-0.05, 0) is 11.4 Å². The van der Waals surface area contributed by atoms with E-state index >= 15 is 0 Å². The number of rotatable bonds is 2. The first-order valence-electron chi connectivity index (χ1n) is 5.36. The highest BCUT2D eigenvalue weighted by Crippen LogP contribution is 2.16. The summed E-state index contributed by atoms with van der Waals surface area (Å²) < 4.78 is 14.2. The minimum absolute atomic E-state index is 0.152. The summed E-state index contributed by atoms with van der Waals surface area (Å²) in [7, 11) is 0. The molecule has 0 unspecified atom stereocenters. The maximum Gasteiger partial charge on any atom is 0.328 e. The zero-order valence-electron chi connectivity index (χ0n) is 9.77. The molecule has 0 fully saturated rings. The van der Waals surface area contributed by atoms with Gasteiger partial charge in [0.2, 0.25) is 5.82 Å². The van der Waals surface area contributed by atoms with Gasteiger partial charge in [-0.3, -0.25) is 14.3 Å². The van der Waals surface area contributed by atoms with E-state index < -0.39 is 17.1 Å². The van der Waals surface area contributed by atoms with Gasteiger partial charge in [-0.1, -0.05) is 11.8 Å². The highest BCUT2D eigenvalue weighted by molar-refractivity contribution is 7.10. The third kappa shape index (κ3) is 2.99. The molecule has 19 heavy (non-hydrogen) atoms. The van der Waals surface area contributed by atoms with Crippen LogP contribution in [-0.4, -0.2) is 16.1 Å². The zero-order chi connectivity index (χ0) is 13.8. The van der Waals surface area contributed by atoms with Crippen molar-refractivity contribution in [2.24, 2.45) is 5.73 Å². The van der Waals surface area contributed by atoms with Crippen LogP contribution in [0.1, 0.15) is 10.4 Å². The highest BCUT2D eigenvalue weighted by Gasteiger charge is 2.07. The number of H-pyrrole nitrogens is 1. The minimum Gasteiger partial charge on any atom is -0.320 e. The van der Waals surface area contributed by atoms with Crippen LogP contribution in [0.15, 0.2) is 27.2 Å². The monoisotopic (exact) mass is 279 g/mol. The molecular formula is C12H10FN3O2S. The number of hydrogen-bond acceptors (Lipinski definition) is 4. The molecule has 98 valence electrons. The van der Waals surface area contributed by atoms with E-state index in [0.29, 0.717) is 0 Å². The summed E-state index contributed by atoms with van der Waals surface area (Å²) in [6.07, 6.45) is 0.890. The number of halogens is 1. The van der Waals surface area contributed by atoms with Crippen molar-refractivity contribution < 1.29 is 4.39 Å². The van der Waals surface area contributed by atoms with Gasteiger partial charge in [-0.15, -0.1) is 11.3 Å². The Hall–Kier alpha value is -2.17. The van der Waals surface area contributed by atoms with Crippen molar-refractivity contribution in [3.8, 4) is 11.8 Å². The van der Waals surface area contributed by atoms with Crippen molar-refractivity contribution >= 4 is 11.3 Å². The Bertz CT molecular complexity index is 764. The lowest BCUT2D eigenvalue weighted by molar-refractivity contribution is 0.567. The van der Waals surface area contributed by atoms with Gasteiger partial charge in [-0.25, -0.2) is 4.79 Å². The fourth-order valence-electron chi connectivity index (χ4n) is 1.48. The third-order valence-electron chi connectivity index (χ3n) is 2.35. The van der Waals surface area contributed by atoms with Crippen LogP contribution < -0.4 is 17.0 Å². The van der Waals surface area contributed by atoms with E-state index in [9.17, 15) is 14.0 Å². The molecule has 0 radical (unpaired) electrons. The highest BCUT2D eigenvalue weighted by atomic mass is 32.1. The van der Waals surface area contributed by atoms with E-state index in [2.05, 4.69) is 11.8 Å². The Morgan fingerprint density at radius 2 is 2.26 bits per heavy atom. The second-order valence-corrected chi connectivity index (χ2v) is 4.63. The minimum atomic E-state index is -1.02. The molecular weight excluding hydrogens is 269 g/mol. The van der Waals surface area contributed by atoms with Crippen molar-refractivity contribution in [1.29, 1.82) is 0 Å². The molecule has 2 aromatic heterocycles. The molecule has 0 saturated heterocycles. The molecule has 0 aromatic carbocycles. The van der Waals surface area contributed by atoms with E-state index in [4.69, 9.17) is 5.73 Å². The SMILES string of the molecule is NCC#Cc1ccsc1Cn1cc(F)c(=O)[nH]c1=O. The van der Waals surface area contributed by atoms with Gasteiger partial charge in [0.25, 0.3) is 5.56 Å². The average Bonchev–Trinajstić information content (AvgIpc) is 2.81. The number of aromatic amines is 1. The first kappa shape index (κ1) is 13.3. The van der Waals surface area contributed by atoms with Crippen LogP contribution in [0.5, 0.6) is 0 Å². The van der Waals surface area contributed by atoms with Crippen LogP contribution in [0, 0.1) is 17.7 Å². The van der Waals surface area contributed by atoms with E-state index in [1.807, 2.05) is 10.4 Å². The Morgan fingerprint density at radius 3 is 3.00 bits per heavy atom. The molecule has 2 heterocycles. The Labute approximate surface area is 111 Å². The molecule has 0 bridgehead atoms. The number of aromatic nitrogens is 2. The third-order valence-corrected chi connectivity index (χ3v) is 3.26. The lowest BCUT2D eigenvalue weighted by atomic mass is 10.2. The Balaban J connectivity index is 2.37. The van der Waals surface area contributed by atoms with Crippen LogP contribution in [0.25, 0.3) is 0 Å². The van der Waals surface area contributed by atoms with Gasteiger partial charge in [0.1, 0.15) is 0 Å². The lowest BCUT2D eigenvalue weighted by Gasteiger charge is -2.03. The molecule has 0 aliphatic carbocycles. The van der Waals surface area contributed by atoms with Crippen molar-refractivity contribution in [3.63, 3.8) is 0 Å². The molecule has 0 atom stereocenters. The molecule has 2 aromatic rings. The van der Waals surface area contributed by atoms with Crippen LogP contribution in [0.3, 0.4) is 0 Å². The van der Waals surface area contributed by atoms with Crippen molar-refractivity contribution in [1.82, 2.24) is 9.55 Å². The second kappa shape index (κ2) is 5.65. The van der Waals surface area contributed by atoms with Gasteiger partial charge >= 0.3 is 5.69 Å². The largest absolute Gasteiger partial charge is 0.328 e. The molecule has 0 aliphatic rings. The normalized spacial score (nSPS) is 10.0. The summed E-state index contributed by atoms with van der Waals surface area (Å²) in [4.78, 5) is 25.2. The van der Waals surface area contributed by atoms with Crippen molar-refractivity contribution in [2.75, 3.05) is 6.54 Å². The van der Waals surface area contributed by atoms with E-state index in [0.717, 1.165) is 21.2 Å². The lowest BCUT2D eigenvalue weighted by Crippen LogP contribution is -2.31. The summed E-state index contributed by atoms with van der Waals surface area (Å²) in [5, 5.41) is 1.82. The maximum absolute atomic E-state index is 13.1. The van der Waals surface area contributed by atoms with Gasteiger partial charge in [0.15, 0.2) is 0 Å². The number of thiophene rings is 1. The summed E-state index contributed by atoms with van der Waals surface area (Å²) in [5.74, 6) is 4.60. The topological polar surface area (TPSA) is 80.9 Å². The average molecular weight is 279 g/mol. The van der Waals surface area contributed by atoms with E-state index in [1.165, 1.54) is 11.3 Å². The van der Waals surface area contributed by atoms with Gasteiger partial charge < -0.3 is 5.73 Å². The van der Waals surface area contributed by atoms with Gasteiger partial charge in [0.05, 0.1) is 19.3 Å². The molecule has 0 spiro atoms. The van der Waals surface area contributed by atoms with Gasteiger partial charge in [0, 0.05) is 10.4 Å². The molecule has 0 aliphatic heterocycles. The van der Waals surface area contributed by atoms with Gasteiger partial charge in [-0.2, -0.15) is 4.39 Å². The summed E-state index contributed by atoms with van der Waals surface area (Å²) in [5.41, 5.74) is 4.37. The molecule has 0 amide bonds. The van der Waals surface area contributed by atoms with Crippen molar-refractivity contribution in [2.45, 2.75) is 6.54 Å².